The van der Waals surface area contributed by atoms with Gasteiger partial charge in [-0.3, -0.25) is 4.79 Å². The molecule has 1 saturated carbocycles. The predicted molar refractivity (Wildman–Crippen MR) is 116 cm³/mol. The minimum Gasteiger partial charge on any atom is -0.506 e. The molecule has 2 N–H and O–H groups in total. The number of phenolic OH excluding ortho intramolecular Hbond substituents is 1. The standard InChI is InChI=1S/C24H23ClFNO4/c1-22(2)12-31-24(10-23(3,11-24)21(29)30)18-17-16(9-8-15(25)19(17)28)27(20(18)22)14-6-4-13(26)5-7-14/h4-9,28H,10-12H2,1-3H3,(H,29,30). The van der Waals surface area contributed by atoms with Gasteiger partial charge in [-0.25, -0.2) is 4.39 Å². The molecule has 1 aliphatic carbocycles. The normalized spacial score (nSPS) is 26.6. The molecule has 1 fully saturated rings. The third kappa shape index (κ3) is 2.68. The second-order valence-corrected chi connectivity index (χ2v) is 10.1. The molecule has 5 nitrogen and oxygen atoms in total. The maximum absolute atomic E-state index is 13.7. The first-order valence-corrected chi connectivity index (χ1v) is 10.6. The number of rotatable bonds is 2. The highest BCUT2D eigenvalue weighted by Crippen LogP contribution is 2.63. The quantitative estimate of drug-likeness (QED) is 0.547. The number of carboxylic acids is 1. The van der Waals surface area contributed by atoms with Gasteiger partial charge in [0.2, 0.25) is 0 Å². The summed E-state index contributed by atoms with van der Waals surface area (Å²) in [7, 11) is 0. The lowest BCUT2D eigenvalue weighted by molar-refractivity contribution is -0.205. The summed E-state index contributed by atoms with van der Waals surface area (Å²) >= 11 is 6.29. The van der Waals surface area contributed by atoms with Crippen molar-refractivity contribution in [3.05, 3.63) is 58.5 Å². The Labute approximate surface area is 184 Å². The highest BCUT2D eigenvalue weighted by molar-refractivity contribution is 6.33. The van der Waals surface area contributed by atoms with Crippen molar-refractivity contribution in [2.24, 2.45) is 5.41 Å². The number of aliphatic carboxylic acids is 1. The zero-order valence-corrected chi connectivity index (χ0v) is 18.3. The number of hydrogen-bond donors (Lipinski definition) is 2. The zero-order chi connectivity index (χ0) is 22.3. The summed E-state index contributed by atoms with van der Waals surface area (Å²) < 4.78 is 22.0. The van der Waals surface area contributed by atoms with Gasteiger partial charge in [0.1, 0.15) is 11.6 Å². The van der Waals surface area contributed by atoms with E-state index in [0.717, 1.165) is 22.5 Å². The topological polar surface area (TPSA) is 71.7 Å². The van der Waals surface area contributed by atoms with Crippen molar-refractivity contribution in [1.82, 2.24) is 4.57 Å². The number of carbonyl (C=O) groups is 1. The Kier molecular flexibility index (Phi) is 4.09. The fourth-order valence-electron chi connectivity index (χ4n) is 5.38. The molecule has 0 saturated heterocycles. The number of ether oxygens (including phenoxy) is 1. The van der Waals surface area contributed by atoms with Crippen LogP contribution in [0.4, 0.5) is 4.39 Å². The van der Waals surface area contributed by atoms with Crippen LogP contribution in [0.25, 0.3) is 16.6 Å². The fraction of sp³-hybridized carbons (Fsp3) is 0.375. The summed E-state index contributed by atoms with van der Waals surface area (Å²) in [5.41, 5.74) is 0.996. The van der Waals surface area contributed by atoms with Crippen LogP contribution in [0.15, 0.2) is 36.4 Å². The van der Waals surface area contributed by atoms with Crippen molar-refractivity contribution in [2.45, 2.75) is 44.6 Å². The van der Waals surface area contributed by atoms with Gasteiger partial charge < -0.3 is 19.5 Å². The molecule has 0 atom stereocenters. The molecular weight excluding hydrogens is 421 g/mol. The number of aromatic hydroxyl groups is 1. The van der Waals surface area contributed by atoms with Crippen LogP contribution in [-0.2, 0) is 20.5 Å². The molecule has 2 aromatic carbocycles. The van der Waals surface area contributed by atoms with Gasteiger partial charge >= 0.3 is 5.97 Å². The number of carboxylic acid groups (broad SMARTS) is 1. The molecule has 31 heavy (non-hydrogen) atoms. The largest absolute Gasteiger partial charge is 0.506 e. The molecular formula is C24H23ClFNO4. The monoisotopic (exact) mass is 443 g/mol. The van der Waals surface area contributed by atoms with Crippen LogP contribution in [0.1, 0.15) is 44.9 Å². The van der Waals surface area contributed by atoms with Crippen molar-refractivity contribution in [1.29, 1.82) is 0 Å². The maximum atomic E-state index is 13.7. The number of aromatic nitrogens is 1. The molecule has 1 aliphatic heterocycles. The van der Waals surface area contributed by atoms with Gasteiger partial charge in [0.05, 0.1) is 28.2 Å². The number of hydrogen-bond acceptors (Lipinski definition) is 3. The molecule has 5 rings (SSSR count). The molecule has 0 amide bonds. The van der Waals surface area contributed by atoms with Gasteiger partial charge in [0, 0.05) is 27.7 Å². The van der Waals surface area contributed by atoms with Crippen molar-refractivity contribution in [2.75, 3.05) is 6.61 Å². The van der Waals surface area contributed by atoms with E-state index < -0.39 is 22.4 Å². The summed E-state index contributed by atoms with van der Waals surface area (Å²) in [4.78, 5) is 11.8. The number of nitrogens with zero attached hydrogens (tertiary/aromatic N) is 1. The Hall–Kier alpha value is -2.57. The second kappa shape index (κ2) is 6.24. The third-order valence-electron chi connectivity index (χ3n) is 6.82. The number of benzene rings is 2. The fourth-order valence-corrected chi connectivity index (χ4v) is 5.54. The molecule has 0 bridgehead atoms. The molecule has 0 radical (unpaired) electrons. The Balaban J connectivity index is 1.88. The molecule has 3 aromatic rings. The average molecular weight is 444 g/mol. The van der Waals surface area contributed by atoms with E-state index in [9.17, 15) is 19.4 Å². The first kappa shape index (κ1) is 20.3. The van der Waals surface area contributed by atoms with Crippen LogP contribution < -0.4 is 0 Å². The molecule has 0 unspecified atom stereocenters. The van der Waals surface area contributed by atoms with E-state index in [4.69, 9.17) is 16.3 Å². The Bertz CT molecular complexity index is 1240. The van der Waals surface area contributed by atoms with Crippen molar-refractivity contribution < 1.29 is 24.1 Å². The Morgan fingerprint density at radius 3 is 2.39 bits per heavy atom. The summed E-state index contributed by atoms with van der Waals surface area (Å²) in [5.74, 6) is -1.26. The van der Waals surface area contributed by atoms with Crippen LogP contribution in [0.5, 0.6) is 5.75 Å². The lowest BCUT2D eigenvalue weighted by Crippen LogP contribution is -2.57. The average Bonchev–Trinajstić information content (AvgIpc) is 3.04. The van der Waals surface area contributed by atoms with E-state index >= 15 is 0 Å². The maximum Gasteiger partial charge on any atom is 0.309 e. The van der Waals surface area contributed by atoms with Crippen molar-refractivity contribution in [3.63, 3.8) is 0 Å². The molecule has 2 aliphatic rings. The number of halogens is 2. The zero-order valence-electron chi connectivity index (χ0n) is 17.5. The van der Waals surface area contributed by atoms with E-state index in [-0.39, 0.29) is 16.6 Å². The van der Waals surface area contributed by atoms with E-state index in [0.29, 0.717) is 24.8 Å². The Morgan fingerprint density at radius 2 is 1.77 bits per heavy atom. The number of phenols is 1. The van der Waals surface area contributed by atoms with Crippen molar-refractivity contribution in [3.8, 4) is 11.4 Å². The molecule has 7 heteroatoms. The third-order valence-corrected chi connectivity index (χ3v) is 7.12. The summed E-state index contributed by atoms with van der Waals surface area (Å²) in [5, 5.41) is 21.5. The predicted octanol–water partition coefficient (Wildman–Crippen LogP) is 5.52. The molecule has 162 valence electrons. The lowest BCUT2D eigenvalue weighted by Gasteiger charge is -2.56. The minimum atomic E-state index is -0.906. The van der Waals surface area contributed by atoms with Gasteiger partial charge in [-0.2, -0.15) is 0 Å². The van der Waals surface area contributed by atoms with Crippen LogP contribution in [-0.4, -0.2) is 27.4 Å². The van der Waals surface area contributed by atoms with Gasteiger partial charge in [0.25, 0.3) is 0 Å². The van der Waals surface area contributed by atoms with Gasteiger partial charge in [-0.05, 0) is 56.2 Å². The molecule has 1 aromatic heterocycles. The summed E-state index contributed by atoms with van der Waals surface area (Å²) in [6, 6.07) is 9.65. The smallest absolute Gasteiger partial charge is 0.309 e. The lowest BCUT2D eigenvalue weighted by atomic mass is 9.55. The Morgan fingerprint density at radius 1 is 1.13 bits per heavy atom. The first-order valence-electron chi connectivity index (χ1n) is 10.2. The number of fused-ring (bicyclic) bond motifs is 4. The van der Waals surface area contributed by atoms with Crippen LogP contribution >= 0.6 is 11.6 Å². The van der Waals surface area contributed by atoms with E-state index in [2.05, 4.69) is 0 Å². The van der Waals surface area contributed by atoms with E-state index in [1.54, 1.807) is 25.1 Å². The van der Waals surface area contributed by atoms with Crippen LogP contribution in [0.3, 0.4) is 0 Å². The minimum absolute atomic E-state index is 0.0547. The van der Waals surface area contributed by atoms with Crippen molar-refractivity contribution >= 4 is 28.5 Å². The summed E-state index contributed by atoms with van der Waals surface area (Å²) in [6.45, 7) is 6.20. The van der Waals surface area contributed by atoms with Gasteiger partial charge in [-0.15, -0.1) is 0 Å². The highest BCUT2D eigenvalue weighted by atomic mass is 35.5. The highest BCUT2D eigenvalue weighted by Gasteiger charge is 2.62. The van der Waals surface area contributed by atoms with E-state index in [1.165, 1.54) is 12.1 Å². The van der Waals surface area contributed by atoms with E-state index in [1.807, 2.05) is 24.5 Å². The molecule has 2 heterocycles. The SMILES string of the molecule is CC1(C(=O)O)CC2(C1)OCC(C)(C)c1c2c2c(O)c(Cl)ccc2n1-c1ccc(F)cc1. The van der Waals surface area contributed by atoms with Gasteiger partial charge in [0.15, 0.2) is 0 Å². The van der Waals surface area contributed by atoms with Crippen LogP contribution in [0.2, 0.25) is 5.02 Å². The second-order valence-electron chi connectivity index (χ2n) is 9.71. The van der Waals surface area contributed by atoms with Gasteiger partial charge in [-0.1, -0.05) is 25.4 Å². The first-order chi connectivity index (χ1) is 14.5. The van der Waals surface area contributed by atoms with Crippen LogP contribution in [0, 0.1) is 11.2 Å². The summed E-state index contributed by atoms with van der Waals surface area (Å²) in [6.07, 6.45) is 0.597. The molecule has 1 spiro atoms.